The van der Waals surface area contributed by atoms with Crippen molar-refractivity contribution in [2.45, 2.75) is 45.4 Å². The quantitative estimate of drug-likeness (QED) is 0.441. The molecular formula is C13H29NO4SSi. The van der Waals surface area contributed by atoms with Crippen LogP contribution in [-0.2, 0) is 18.1 Å². The van der Waals surface area contributed by atoms with Crippen LogP contribution in [0.25, 0.3) is 0 Å². The molecule has 1 amide bonds. The Kier molecular flexibility index (Phi) is 11.5. The van der Waals surface area contributed by atoms with Crippen molar-refractivity contribution in [2.24, 2.45) is 0 Å². The van der Waals surface area contributed by atoms with E-state index in [-0.39, 0.29) is 11.2 Å². The van der Waals surface area contributed by atoms with Gasteiger partial charge in [-0.1, -0.05) is 0 Å². The number of amides is 1. The Labute approximate surface area is 128 Å². The average molecular weight is 324 g/mol. The lowest BCUT2D eigenvalue weighted by Gasteiger charge is -2.28. The van der Waals surface area contributed by atoms with Crippen LogP contribution >= 0.6 is 11.8 Å². The number of nitrogens with one attached hydrogen (secondary N) is 1. The maximum absolute atomic E-state index is 11.7. The predicted octanol–water partition coefficient (Wildman–Crippen LogP) is 2.29. The van der Waals surface area contributed by atoms with Crippen molar-refractivity contribution in [1.82, 2.24) is 5.32 Å². The molecule has 0 aromatic carbocycles. The van der Waals surface area contributed by atoms with Crippen molar-refractivity contribution in [3.63, 3.8) is 0 Å². The van der Waals surface area contributed by atoms with Gasteiger partial charge < -0.3 is 18.6 Å². The third-order valence-electron chi connectivity index (χ3n) is 2.77. The molecule has 5 nitrogen and oxygen atoms in total. The van der Waals surface area contributed by atoms with Gasteiger partial charge in [-0.15, -0.1) is 0 Å². The Morgan fingerprint density at radius 3 is 2.05 bits per heavy atom. The SMILES string of the molecule is CCO[Si](CCCNC(=O)C(C)SC)(OCC)OCC. The number of thioether (sulfide) groups is 1. The van der Waals surface area contributed by atoms with Crippen LogP contribution < -0.4 is 5.32 Å². The molecule has 0 aromatic rings. The van der Waals surface area contributed by atoms with E-state index in [2.05, 4.69) is 5.32 Å². The van der Waals surface area contributed by atoms with E-state index in [0.717, 1.165) is 12.5 Å². The van der Waals surface area contributed by atoms with E-state index in [0.29, 0.717) is 26.4 Å². The molecule has 0 saturated heterocycles. The first-order chi connectivity index (χ1) is 9.55. The standard InChI is InChI=1S/C13H29NO4SSi/c1-6-16-20(17-7-2,18-8-3)11-9-10-14-13(15)12(4)19-5/h12H,6-11H2,1-5H3,(H,14,15). The molecule has 0 rings (SSSR count). The highest BCUT2D eigenvalue weighted by atomic mass is 32.2. The molecule has 0 spiro atoms. The highest BCUT2D eigenvalue weighted by molar-refractivity contribution is 7.99. The summed E-state index contributed by atoms with van der Waals surface area (Å²) in [5.74, 6) is 0.0778. The zero-order chi connectivity index (χ0) is 15.4. The smallest absolute Gasteiger partial charge is 0.374 e. The molecule has 0 bridgehead atoms. The van der Waals surface area contributed by atoms with Gasteiger partial charge in [0, 0.05) is 32.4 Å². The second kappa shape index (κ2) is 11.6. The van der Waals surface area contributed by atoms with Gasteiger partial charge in [0.15, 0.2) is 0 Å². The van der Waals surface area contributed by atoms with Gasteiger partial charge in [-0.3, -0.25) is 4.79 Å². The Bertz CT molecular complexity index is 252. The molecule has 0 saturated carbocycles. The van der Waals surface area contributed by atoms with E-state index in [1.807, 2.05) is 34.0 Å². The monoisotopic (exact) mass is 323 g/mol. The molecule has 0 aromatic heterocycles. The van der Waals surface area contributed by atoms with Crippen molar-refractivity contribution in [3.05, 3.63) is 0 Å². The first-order valence-corrected chi connectivity index (χ1v) is 10.5. The largest absolute Gasteiger partial charge is 0.500 e. The van der Waals surface area contributed by atoms with Crippen LogP contribution in [0.4, 0.5) is 0 Å². The van der Waals surface area contributed by atoms with Gasteiger partial charge in [0.2, 0.25) is 5.91 Å². The van der Waals surface area contributed by atoms with Gasteiger partial charge >= 0.3 is 8.80 Å². The predicted molar refractivity (Wildman–Crippen MR) is 86.0 cm³/mol. The Morgan fingerprint density at radius 1 is 1.15 bits per heavy atom. The minimum absolute atomic E-state index is 0.0114. The first-order valence-electron chi connectivity index (χ1n) is 7.27. The van der Waals surface area contributed by atoms with Gasteiger partial charge in [0.1, 0.15) is 0 Å². The van der Waals surface area contributed by atoms with Crippen molar-refractivity contribution in [3.8, 4) is 0 Å². The zero-order valence-electron chi connectivity index (χ0n) is 13.4. The maximum atomic E-state index is 11.7. The number of carbonyl (C=O) groups excluding carboxylic acids is 1. The summed E-state index contributed by atoms with van der Waals surface area (Å²) in [6, 6.07) is 0.733. The van der Waals surface area contributed by atoms with Crippen LogP contribution in [0.15, 0.2) is 0 Å². The summed E-state index contributed by atoms with van der Waals surface area (Å²) in [5.41, 5.74) is 0. The van der Waals surface area contributed by atoms with Crippen molar-refractivity contribution < 1.29 is 18.1 Å². The molecule has 7 heteroatoms. The van der Waals surface area contributed by atoms with Crippen LogP contribution in [0.1, 0.15) is 34.1 Å². The zero-order valence-corrected chi connectivity index (χ0v) is 15.2. The molecule has 0 aliphatic rings. The van der Waals surface area contributed by atoms with Gasteiger partial charge in [-0.25, -0.2) is 0 Å². The van der Waals surface area contributed by atoms with Crippen molar-refractivity contribution in [1.29, 1.82) is 0 Å². The molecule has 20 heavy (non-hydrogen) atoms. The third-order valence-corrected chi connectivity index (χ3v) is 6.85. The normalized spacial score (nSPS) is 13.2. The van der Waals surface area contributed by atoms with Crippen LogP contribution in [0, 0.1) is 0 Å². The minimum atomic E-state index is -2.56. The van der Waals surface area contributed by atoms with E-state index >= 15 is 0 Å². The summed E-state index contributed by atoms with van der Waals surface area (Å²) in [6.45, 7) is 10.1. The Hall–Kier alpha value is -0.0831. The summed E-state index contributed by atoms with van der Waals surface area (Å²) in [7, 11) is -2.56. The van der Waals surface area contributed by atoms with E-state index in [4.69, 9.17) is 13.3 Å². The van der Waals surface area contributed by atoms with E-state index in [9.17, 15) is 4.79 Å². The molecule has 1 unspecified atom stereocenters. The first kappa shape index (κ1) is 19.9. The van der Waals surface area contributed by atoms with E-state index in [1.54, 1.807) is 11.8 Å². The number of hydrogen-bond acceptors (Lipinski definition) is 5. The summed E-state index contributed by atoms with van der Waals surface area (Å²) in [5, 5.41) is 2.92. The topological polar surface area (TPSA) is 56.8 Å². The van der Waals surface area contributed by atoms with Gasteiger partial charge in [0.25, 0.3) is 0 Å². The van der Waals surface area contributed by atoms with Crippen molar-refractivity contribution >= 4 is 26.5 Å². The summed E-state index contributed by atoms with van der Waals surface area (Å²) >= 11 is 1.54. The van der Waals surface area contributed by atoms with Crippen molar-refractivity contribution in [2.75, 3.05) is 32.6 Å². The molecule has 0 radical (unpaired) electrons. The number of rotatable bonds is 12. The fourth-order valence-electron chi connectivity index (χ4n) is 1.77. The molecule has 1 atom stereocenters. The fourth-order valence-corrected chi connectivity index (χ4v) is 4.68. The molecule has 0 aliphatic heterocycles. The highest BCUT2D eigenvalue weighted by Crippen LogP contribution is 2.17. The molecular weight excluding hydrogens is 294 g/mol. The minimum Gasteiger partial charge on any atom is -0.374 e. The molecule has 120 valence electrons. The average Bonchev–Trinajstić information content (AvgIpc) is 2.43. The van der Waals surface area contributed by atoms with Gasteiger partial charge in [-0.05, 0) is 40.4 Å². The molecule has 1 N–H and O–H groups in total. The Balaban J connectivity index is 4.21. The summed E-state index contributed by atoms with van der Waals surface area (Å²) < 4.78 is 17.3. The lowest BCUT2D eigenvalue weighted by atomic mass is 10.4. The van der Waals surface area contributed by atoms with Crippen LogP contribution in [0.2, 0.25) is 6.04 Å². The van der Waals surface area contributed by atoms with Gasteiger partial charge in [-0.2, -0.15) is 11.8 Å². The third kappa shape index (κ3) is 7.63. The number of hydrogen-bond donors (Lipinski definition) is 1. The second-order valence-electron chi connectivity index (χ2n) is 4.25. The summed E-state index contributed by atoms with van der Waals surface area (Å²) in [4.78, 5) is 11.7. The summed E-state index contributed by atoms with van der Waals surface area (Å²) in [6.07, 6.45) is 2.74. The van der Waals surface area contributed by atoms with Crippen LogP contribution in [0.5, 0.6) is 0 Å². The molecule has 0 heterocycles. The van der Waals surface area contributed by atoms with E-state index in [1.165, 1.54) is 0 Å². The Morgan fingerprint density at radius 2 is 1.65 bits per heavy atom. The van der Waals surface area contributed by atoms with Crippen LogP contribution in [-0.4, -0.2) is 52.6 Å². The second-order valence-corrected chi connectivity index (χ2v) is 8.17. The number of carbonyl (C=O) groups is 1. The lowest BCUT2D eigenvalue weighted by Crippen LogP contribution is -2.46. The fraction of sp³-hybridized carbons (Fsp3) is 0.923. The lowest BCUT2D eigenvalue weighted by molar-refractivity contribution is -0.120. The highest BCUT2D eigenvalue weighted by Gasteiger charge is 2.39. The maximum Gasteiger partial charge on any atom is 0.500 e. The van der Waals surface area contributed by atoms with Gasteiger partial charge in [0.05, 0.1) is 5.25 Å². The molecule has 0 fully saturated rings. The van der Waals surface area contributed by atoms with Crippen LogP contribution in [0.3, 0.4) is 0 Å². The molecule has 0 aliphatic carbocycles. The van der Waals surface area contributed by atoms with E-state index < -0.39 is 8.80 Å².